The Labute approximate surface area is 114 Å². The number of ether oxygens (including phenoxy) is 2. The molecule has 0 N–H and O–H groups in total. The molecule has 0 spiro atoms. The summed E-state index contributed by atoms with van der Waals surface area (Å²) in [6.45, 7) is 1.50. The fourth-order valence-electron chi connectivity index (χ4n) is 1.80. The molecule has 1 aromatic carbocycles. The minimum atomic E-state index is -1.16. The number of Topliss-reactive ketones (excluding diaryl/α,β-unsaturated/α-hetero) is 2. The Hall–Kier alpha value is -1.88. The van der Waals surface area contributed by atoms with Crippen LogP contribution in [0.25, 0.3) is 0 Å². The van der Waals surface area contributed by atoms with Gasteiger partial charge < -0.3 is 9.47 Å². The van der Waals surface area contributed by atoms with E-state index in [-0.39, 0.29) is 18.8 Å². The van der Waals surface area contributed by atoms with Gasteiger partial charge in [0.15, 0.2) is 5.78 Å². The number of fused-ring (bicyclic) bond motifs is 1. The van der Waals surface area contributed by atoms with Crippen LogP contribution in [0.1, 0.15) is 17.3 Å². The van der Waals surface area contributed by atoms with E-state index in [0.717, 1.165) is 0 Å². The molecule has 1 aromatic rings. The molecular formula is C13H11ClO5. The second-order valence-electron chi connectivity index (χ2n) is 3.95. The zero-order valence-corrected chi connectivity index (χ0v) is 10.9. The molecule has 0 radical (unpaired) electrons. The molecule has 0 amide bonds. The zero-order valence-electron chi connectivity index (χ0n) is 10.1. The van der Waals surface area contributed by atoms with Crippen molar-refractivity contribution in [2.75, 3.05) is 13.2 Å². The maximum Gasteiger partial charge on any atom is 0.375 e. The van der Waals surface area contributed by atoms with E-state index >= 15 is 0 Å². The highest BCUT2D eigenvalue weighted by atomic mass is 35.5. The van der Waals surface area contributed by atoms with Gasteiger partial charge in [0.1, 0.15) is 18.3 Å². The Balaban J connectivity index is 2.26. The van der Waals surface area contributed by atoms with Gasteiger partial charge in [-0.1, -0.05) is 11.6 Å². The first-order valence-electron chi connectivity index (χ1n) is 5.72. The lowest BCUT2D eigenvalue weighted by Gasteiger charge is -2.22. The van der Waals surface area contributed by atoms with Gasteiger partial charge in [-0.25, -0.2) is 4.79 Å². The number of rotatable bonds is 3. The molecule has 0 fully saturated rings. The second kappa shape index (κ2) is 5.40. The molecule has 5 nitrogen and oxygen atoms in total. The van der Waals surface area contributed by atoms with Crippen molar-refractivity contribution >= 4 is 29.1 Å². The quantitative estimate of drug-likeness (QED) is 0.479. The van der Waals surface area contributed by atoms with Gasteiger partial charge in [-0.2, -0.15) is 0 Å². The molecule has 1 heterocycles. The van der Waals surface area contributed by atoms with E-state index in [4.69, 9.17) is 16.3 Å². The number of halogens is 1. The van der Waals surface area contributed by atoms with Crippen molar-refractivity contribution < 1.29 is 23.9 Å². The monoisotopic (exact) mass is 282 g/mol. The zero-order chi connectivity index (χ0) is 14.0. The van der Waals surface area contributed by atoms with Gasteiger partial charge in [-0.15, -0.1) is 0 Å². The highest BCUT2D eigenvalue weighted by molar-refractivity contribution is 6.40. The van der Waals surface area contributed by atoms with Crippen LogP contribution in [0.15, 0.2) is 18.2 Å². The third-order valence-corrected chi connectivity index (χ3v) is 2.96. The van der Waals surface area contributed by atoms with Crippen LogP contribution in [-0.4, -0.2) is 30.7 Å². The van der Waals surface area contributed by atoms with Crippen molar-refractivity contribution in [3.05, 3.63) is 28.8 Å². The number of esters is 1. The van der Waals surface area contributed by atoms with Crippen LogP contribution in [0.3, 0.4) is 0 Å². The molecule has 0 aromatic heterocycles. The van der Waals surface area contributed by atoms with Crippen LogP contribution >= 0.6 is 11.6 Å². The number of hydrogen-bond acceptors (Lipinski definition) is 5. The molecular weight excluding hydrogens is 272 g/mol. The maximum atomic E-state index is 12.2. The van der Waals surface area contributed by atoms with E-state index in [0.29, 0.717) is 10.8 Å². The molecule has 0 aliphatic carbocycles. The minimum absolute atomic E-state index is 0.0781. The summed E-state index contributed by atoms with van der Waals surface area (Å²) in [5.41, 5.74) is 0.210. The number of ketones is 2. The predicted octanol–water partition coefficient (Wildman–Crippen LogP) is 1.66. The van der Waals surface area contributed by atoms with E-state index in [1.807, 2.05) is 0 Å². The topological polar surface area (TPSA) is 69.7 Å². The van der Waals surface area contributed by atoms with Crippen molar-refractivity contribution in [1.82, 2.24) is 0 Å². The largest absolute Gasteiger partial charge is 0.492 e. The van der Waals surface area contributed by atoms with E-state index < -0.39 is 23.5 Å². The third-order valence-electron chi connectivity index (χ3n) is 2.72. The Kier molecular flexibility index (Phi) is 3.85. The lowest BCUT2D eigenvalue weighted by Crippen LogP contribution is -2.38. The van der Waals surface area contributed by atoms with Crippen molar-refractivity contribution in [3.8, 4) is 5.75 Å². The molecule has 1 atom stereocenters. The molecule has 19 heavy (non-hydrogen) atoms. The van der Waals surface area contributed by atoms with Crippen LogP contribution in [0.2, 0.25) is 5.02 Å². The standard InChI is InChI=1S/C13H11ClO5/c1-2-18-13(17)12(16)9-6-19-10-4-3-7(14)5-8(10)11(9)15/h3-5,9H,2,6H2,1H3. The summed E-state index contributed by atoms with van der Waals surface area (Å²) >= 11 is 5.80. The summed E-state index contributed by atoms with van der Waals surface area (Å²) in [4.78, 5) is 35.3. The van der Waals surface area contributed by atoms with Crippen LogP contribution in [0, 0.1) is 5.92 Å². The Morgan fingerprint density at radius 1 is 1.47 bits per heavy atom. The van der Waals surface area contributed by atoms with Gasteiger partial charge in [0, 0.05) is 5.02 Å². The van der Waals surface area contributed by atoms with Crippen molar-refractivity contribution in [1.29, 1.82) is 0 Å². The summed E-state index contributed by atoms with van der Waals surface area (Å²) in [6, 6.07) is 4.56. The summed E-state index contributed by atoms with van der Waals surface area (Å²) < 4.78 is 9.90. The van der Waals surface area contributed by atoms with Gasteiger partial charge in [-0.3, -0.25) is 9.59 Å². The molecule has 0 bridgehead atoms. The van der Waals surface area contributed by atoms with E-state index in [2.05, 4.69) is 4.74 Å². The fourth-order valence-corrected chi connectivity index (χ4v) is 1.97. The SMILES string of the molecule is CCOC(=O)C(=O)C1COc2ccc(Cl)cc2C1=O. The maximum absolute atomic E-state index is 12.2. The van der Waals surface area contributed by atoms with Crippen molar-refractivity contribution in [2.24, 2.45) is 5.92 Å². The molecule has 2 rings (SSSR count). The summed E-state index contributed by atoms with van der Waals surface area (Å²) in [5.74, 6) is -3.18. The first-order chi connectivity index (χ1) is 9.04. The molecule has 0 saturated heterocycles. The molecule has 1 aliphatic heterocycles. The van der Waals surface area contributed by atoms with E-state index in [9.17, 15) is 14.4 Å². The summed E-state index contributed by atoms with van der Waals surface area (Å²) in [6.07, 6.45) is 0. The normalized spacial score (nSPS) is 17.4. The van der Waals surface area contributed by atoms with Crippen LogP contribution < -0.4 is 4.74 Å². The predicted molar refractivity (Wildman–Crippen MR) is 66.4 cm³/mol. The van der Waals surface area contributed by atoms with E-state index in [1.54, 1.807) is 19.1 Å². The minimum Gasteiger partial charge on any atom is -0.492 e. The third kappa shape index (κ3) is 2.61. The average molecular weight is 283 g/mol. The number of carbonyl (C=O) groups excluding carboxylic acids is 3. The first kappa shape index (κ1) is 13.5. The number of carbonyl (C=O) groups is 3. The van der Waals surface area contributed by atoms with Crippen LogP contribution in [0.4, 0.5) is 0 Å². The average Bonchev–Trinajstić information content (AvgIpc) is 2.39. The van der Waals surface area contributed by atoms with Crippen LogP contribution in [-0.2, 0) is 14.3 Å². The molecule has 1 aliphatic rings. The molecule has 1 unspecified atom stereocenters. The highest BCUT2D eigenvalue weighted by Crippen LogP contribution is 2.30. The first-order valence-corrected chi connectivity index (χ1v) is 6.10. The second-order valence-corrected chi connectivity index (χ2v) is 4.39. The Morgan fingerprint density at radius 2 is 2.21 bits per heavy atom. The van der Waals surface area contributed by atoms with Crippen LogP contribution in [0.5, 0.6) is 5.75 Å². The van der Waals surface area contributed by atoms with Gasteiger partial charge in [0.2, 0.25) is 0 Å². The molecule has 0 saturated carbocycles. The Morgan fingerprint density at radius 3 is 2.89 bits per heavy atom. The van der Waals surface area contributed by atoms with Crippen molar-refractivity contribution in [2.45, 2.75) is 6.92 Å². The highest BCUT2D eigenvalue weighted by Gasteiger charge is 2.38. The Bertz CT molecular complexity index is 552. The van der Waals surface area contributed by atoms with Gasteiger partial charge in [0.25, 0.3) is 5.78 Å². The van der Waals surface area contributed by atoms with E-state index in [1.165, 1.54) is 6.07 Å². The lowest BCUT2D eigenvalue weighted by molar-refractivity contribution is -0.155. The molecule has 6 heteroatoms. The van der Waals surface area contributed by atoms with Crippen molar-refractivity contribution in [3.63, 3.8) is 0 Å². The number of hydrogen-bond donors (Lipinski definition) is 0. The fraction of sp³-hybridized carbons (Fsp3) is 0.308. The van der Waals surface area contributed by atoms with Gasteiger partial charge >= 0.3 is 5.97 Å². The summed E-state index contributed by atoms with van der Waals surface area (Å²) in [7, 11) is 0. The smallest absolute Gasteiger partial charge is 0.375 e. The number of benzene rings is 1. The summed E-state index contributed by atoms with van der Waals surface area (Å²) in [5, 5.41) is 0.361. The molecule has 100 valence electrons. The lowest BCUT2D eigenvalue weighted by atomic mass is 9.91. The van der Waals surface area contributed by atoms with Gasteiger partial charge in [0.05, 0.1) is 12.2 Å². The van der Waals surface area contributed by atoms with Gasteiger partial charge in [-0.05, 0) is 25.1 Å².